The lowest BCUT2D eigenvalue weighted by molar-refractivity contribution is -0.152. The predicted octanol–water partition coefficient (Wildman–Crippen LogP) is -1.36. The minimum atomic E-state index is -1.14. The van der Waals surface area contributed by atoms with Gasteiger partial charge in [-0.3, -0.25) is 15.0 Å². The lowest BCUT2D eigenvalue weighted by atomic mass is 9.95. The molecule has 6 nitrogen and oxygen atoms in total. The average Bonchev–Trinajstić information content (AvgIpc) is 2.04. The highest BCUT2D eigenvalue weighted by atomic mass is 16.4. The number of rotatable bonds is 2. The summed E-state index contributed by atoms with van der Waals surface area (Å²) < 4.78 is 0. The Morgan fingerprint density at radius 1 is 1.25 bits per heavy atom. The first kappa shape index (κ1) is 8.95. The Labute approximate surface area is 68.5 Å². The van der Waals surface area contributed by atoms with Gasteiger partial charge in [0.05, 0.1) is 5.92 Å². The van der Waals surface area contributed by atoms with Gasteiger partial charge in [0.2, 0.25) is 0 Å². The molecule has 1 heterocycles. The molecule has 12 heavy (non-hydrogen) atoms. The van der Waals surface area contributed by atoms with E-state index in [0.717, 1.165) is 0 Å². The Balaban J connectivity index is 2.67. The van der Waals surface area contributed by atoms with Crippen molar-refractivity contribution in [2.45, 2.75) is 12.5 Å². The van der Waals surface area contributed by atoms with Crippen LogP contribution in [0.3, 0.4) is 0 Å². The summed E-state index contributed by atoms with van der Waals surface area (Å²) in [5.74, 6) is -3.06. The van der Waals surface area contributed by atoms with Gasteiger partial charge >= 0.3 is 11.9 Å². The standard InChI is InChI=1S/C6H10N2O4/c9-5(10)3-1-2-7-8-4(3)6(11)12/h3-4,7-8H,1-2H2,(H,9,10)(H,11,12). The zero-order valence-electron chi connectivity index (χ0n) is 6.28. The molecule has 0 aliphatic carbocycles. The van der Waals surface area contributed by atoms with Crippen LogP contribution in [0.25, 0.3) is 0 Å². The number of hydrogen-bond acceptors (Lipinski definition) is 4. The Morgan fingerprint density at radius 2 is 1.92 bits per heavy atom. The molecule has 2 unspecified atom stereocenters. The molecule has 6 heteroatoms. The summed E-state index contributed by atoms with van der Waals surface area (Å²) in [7, 11) is 0. The van der Waals surface area contributed by atoms with E-state index in [1.54, 1.807) is 0 Å². The van der Waals surface area contributed by atoms with Crippen LogP contribution in [0.2, 0.25) is 0 Å². The summed E-state index contributed by atoms with van der Waals surface area (Å²) in [5.41, 5.74) is 5.03. The predicted molar refractivity (Wildman–Crippen MR) is 38.3 cm³/mol. The molecular formula is C6H10N2O4. The van der Waals surface area contributed by atoms with Gasteiger partial charge in [-0.05, 0) is 6.42 Å². The maximum absolute atomic E-state index is 10.5. The van der Waals surface area contributed by atoms with Gasteiger partial charge in [0.15, 0.2) is 0 Å². The molecule has 0 aromatic carbocycles. The molecule has 0 saturated carbocycles. The van der Waals surface area contributed by atoms with Crippen LogP contribution in [0.1, 0.15) is 6.42 Å². The van der Waals surface area contributed by atoms with E-state index >= 15 is 0 Å². The minimum absolute atomic E-state index is 0.333. The normalized spacial score (nSPS) is 29.7. The summed E-state index contributed by atoms with van der Waals surface area (Å²) in [6, 6.07) is -1.03. The molecule has 1 rings (SSSR count). The van der Waals surface area contributed by atoms with Crippen LogP contribution in [-0.2, 0) is 9.59 Å². The minimum Gasteiger partial charge on any atom is -0.481 e. The third kappa shape index (κ3) is 1.72. The number of nitrogens with one attached hydrogen (secondary N) is 2. The van der Waals surface area contributed by atoms with Gasteiger partial charge < -0.3 is 10.2 Å². The van der Waals surface area contributed by atoms with E-state index < -0.39 is 23.9 Å². The Kier molecular flexibility index (Phi) is 2.61. The molecule has 0 aromatic rings. The fraction of sp³-hybridized carbons (Fsp3) is 0.667. The van der Waals surface area contributed by atoms with Gasteiger partial charge in [-0.1, -0.05) is 0 Å². The second kappa shape index (κ2) is 3.51. The number of hydrogen-bond donors (Lipinski definition) is 4. The molecule has 0 bridgehead atoms. The molecule has 2 atom stereocenters. The highest BCUT2D eigenvalue weighted by Crippen LogP contribution is 2.11. The van der Waals surface area contributed by atoms with Gasteiger partial charge in [-0.15, -0.1) is 0 Å². The second-order valence-electron chi connectivity index (χ2n) is 2.62. The van der Waals surface area contributed by atoms with E-state index in [1.807, 2.05) is 0 Å². The van der Waals surface area contributed by atoms with Gasteiger partial charge in [-0.25, -0.2) is 5.43 Å². The number of hydrazine groups is 1. The smallest absolute Gasteiger partial charge is 0.322 e. The van der Waals surface area contributed by atoms with Crippen molar-refractivity contribution in [3.8, 4) is 0 Å². The number of carboxylic acid groups (broad SMARTS) is 2. The van der Waals surface area contributed by atoms with Crippen molar-refractivity contribution in [3.63, 3.8) is 0 Å². The maximum atomic E-state index is 10.5. The molecule has 0 amide bonds. The third-order valence-corrected chi connectivity index (χ3v) is 1.82. The van der Waals surface area contributed by atoms with Crippen molar-refractivity contribution in [2.24, 2.45) is 5.92 Å². The first-order valence-electron chi connectivity index (χ1n) is 3.57. The summed E-state index contributed by atoms with van der Waals surface area (Å²) in [6.07, 6.45) is 0.333. The van der Waals surface area contributed by atoms with Crippen LogP contribution in [0.15, 0.2) is 0 Å². The third-order valence-electron chi connectivity index (χ3n) is 1.82. The maximum Gasteiger partial charge on any atom is 0.322 e. The van der Waals surface area contributed by atoms with Crippen LogP contribution < -0.4 is 10.9 Å². The van der Waals surface area contributed by atoms with Gasteiger partial charge in [0, 0.05) is 6.54 Å². The van der Waals surface area contributed by atoms with Crippen molar-refractivity contribution < 1.29 is 19.8 Å². The van der Waals surface area contributed by atoms with Crippen molar-refractivity contribution in [2.75, 3.05) is 6.54 Å². The van der Waals surface area contributed by atoms with Gasteiger partial charge in [0.25, 0.3) is 0 Å². The molecule has 1 aliphatic rings. The molecule has 1 fully saturated rings. The monoisotopic (exact) mass is 174 g/mol. The lowest BCUT2D eigenvalue weighted by Gasteiger charge is -2.26. The first-order valence-corrected chi connectivity index (χ1v) is 3.57. The Hall–Kier alpha value is -1.14. The summed E-state index contributed by atoms with van der Waals surface area (Å²) in [6.45, 7) is 0.473. The molecular weight excluding hydrogens is 164 g/mol. The number of carbonyl (C=O) groups is 2. The van der Waals surface area contributed by atoms with E-state index in [9.17, 15) is 9.59 Å². The van der Waals surface area contributed by atoms with Gasteiger partial charge in [0.1, 0.15) is 6.04 Å². The van der Waals surface area contributed by atoms with Crippen molar-refractivity contribution in [1.82, 2.24) is 10.9 Å². The first-order chi connectivity index (χ1) is 5.63. The topological polar surface area (TPSA) is 98.7 Å². The Morgan fingerprint density at radius 3 is 2.33 bits per heavy atom. The van der Waals surface area contributed by atoms with Crippen molar-refractivity contribution in [3.05, 3.63) is 0 Å². The molecule has 0 radical (unpaired) electrons. The fourth-order valence-electron chi connectivity index (χ4n) is 1.18. The molecule has 4 N–H and O–H groups in total. The summed E-state index contributed by atoms with van der Waals surface area (Å²) in [5, 5.41) is 17.2. The molecule has 0 spiro atoms. The zero-order chi connectivity index (χ0) is 9.14. The second-order valence-corrected chi connectivity index (χ2v) is 2.62. The van der Waals surface area contributed by atoms with Crippen LogP contribution in [0, 0.1) is 5.92 Å². The molecule has 1 saturated heterocycles. The molecule has 0 aromatic heterocycles. The van der Waals surface area contributed by atoms with E-state index in [1.165, 1.54) is 0 Å². The van der Waals surface area contributed by atoms with E-state index in [4.69, 9.17) is 10.2 Å². The number of carboxylic acids is 2. The van der Waals surface area contributed by atoms with Gasteiger partial charge in [-0.2, -0.15) is 0 Å². The van der Waals surface area contributed by atoms with E-state index in [0.29, 0.717) is 13.0 Å². The largest absolute Gasteiger partial charge is 0.481 e. The number of aliphatic carboxylic acids is 2. The van der Waals surface area contributed by atoms with Crippen LogP contribution in [-0.4, -0.2) is 34.7 Å². The highest BCUT2D eigenvalue weighted by Gasteiger charge is 2.35. The van der Waals surface area contributed by atoms with Crippen LogP contribution in [0.4, 0.5) is 0 Å². The summed E-state index contributed by atoms with van der Waals surface area (Å²) in [4.78, 5) is 21.0. The highest BCUT2D eigenvalue weighted by molar-refractivity contribution is 5.82. The average molecular weight is 174 g/mol. The summed E-state index contributed by atoms with van der Waals surface area (Å²) >= 11 is 0. The zero-order valence-corrected chi connectivity index (χ0v) is 6.28. The van der Waals surface area contributed by atoms with Crippen LogP contribution >= 0.6 is 0 Å². The van der Waals surface area contributed by atoms with E-state index in [-0.39, 0.29) is 0 Å². The van der Waals surface area contributed by atoms with Crippen molar-refractivity contribution in [1.29, 1.82) is 0 Å². The quantitative estimate of drug-likeness (QED) is 0.412. The lowest BCUT2D eigenvalue weighted by Crippen LogP contribution is -2.56. The van der Waals surface area contributed by atoms with E-state index in [2.05, 4.69) is 10.9 Å². The molecule has 1 aliphatic heterocycles. The SMILES string of the molecule is O=C(O)C1CCNNC1C(=O)O. The Bertz CT molecular complexity index is 184. The van der Waals surface area contributed by atoms with Crippen molar-refractivity contribution >= 4 is 11.9 Å². The molecule has 68 valence electrons. The van der Waals surface area contributed by atoms with Crippen LogP contribution in [0.5, 0.6) is 0 Å². The fourth-order valence-corrected chi connectivity index (χ4v) is 1.18.